The molecule has 2 amide bonds. The fourth-order valence-electron chi connectivity index (χ4n) is 4.31. The molecule has 35 heavy (non-hydrogen) atoms. The van der Waals surface area contributed by atoms with Crippen LogP contribution in [-0.2, 0) is 4.79 Å². The maximum absolute atomic E-state index is 13.3. The van der Waals surface area contributed by atoms with Crippen molar-refractivity contribution < 1.29 is 14.0 Å². The van der Waals surface area contributed by atoms with Crippen molar-refractivity contribution in [3.8, 4) is 11.3 Å². The number of carbonyl (C=O) groups is 2. The molecular weight excluding hydrogens is 445 g/mol. The summed E-state index contributed by atoms with van der Waals surface area (Å²) in [6.07, 6.45) is 2.15. The normalized spacial score (nSPS) is 15.7. The molecule has 7 nitrogen and oxygen atoms in total. The Labute approximate surface area is 204 Å². The zero-order chi connectivity index (χ0) is 24.2. The summed E-state index contributed by atoms with van der Waals surface area (Å²) in [5.41, 5.74) is 2.25. The monoisotopic (exact) mass is 473 g/mol. The predicted octanol–water partition coefficient (Wildman–Crippen LogP) is 3.48. The fraction of sp³-hybridized carbons (Fsp3) is 0.333. The van der Waals surface area contributed by atoms with E-state index in [9.17, 15) is 14.0 Å². The second kappa shape index (κ2) is 10.2. The molecule has 0 atom stereocenters. The number of hydrogen-bond donors (Lipinski definition) is 0. The molecule has 5 rings (SSSR count). The first-order chi connectivity index (χ1) is 17.1. The van der Waals surface area contributed by atoms with Gasteiger partial charge in [-0.3, -0.25) is 9.59 Å². The van der Waals surface area contributed by atoms with Gasteiger partial charge in [0.1, 0.15) is 12.4 Å². The molecule has 2 aliphatic rings. The lowest BCUT2D eigenvalue weighted by molar-refractivity contribution is -0.132. The maximum atomic E-state index is 13.3. The number of amides is 2. The van der Waals surface area contributed by atoms with Crippen molar-refractivity contribution in [2.24, 2.45) is 5.92 Å². The molecule has 1 aromatic heterocycles. The van der Waals surface area contributed by atoms with Crippen molar-refractivity contribution in [1.29, 1.82) is 0 Å². The third-order valence-corrected chi connectivity index (χ3v) is 6.56. The number of carbonyl (C=O) groups excluding carboxylic acids is 2. The molecule has 1 saturated carbocycles. The van der Waals surface area contributed by atoms with Crippen LogP contribution in [0.25, 0.3) is 11.3 Å². The van der Waals surface area contributed by atoms with Crippen LogP contribution < -0.4 is 4.90 Å². The van der Waals surface area contributed by atoms with E-state index in [0.29, 0.717) is 44.2 Å². The average Bonchev–Trinajstić information content (AvgIpc) is 3.73. The number of nitrogens with zero attached hydrogens (tertiary/aromatic N) is 5. The van der Waals surface area contributed by atoms with Gasteiger partial charge in [0.05, 0.1) is 5.69 Å². The van der Waals surface area contributed by atoms with Crippen LogP contribution in [0.3, 0.4) is 0 Å². The Morgan fingerprint density at radius 3 is 2.23 bits per heavy atom. The summed E-state index contributed by atoms with van der Waals surface area (Å²) in [6.45, 7) is 3.02. The van der Waals surface area contributed by atoms with Crippen molar-refractivity contribution >= 4 is 17.6 Å². The molecule has 180 valence electrons. The number of halogens is 1. The van der Waals surface area contributed by atoms with Gasteiger partial charge in [0.15, 0.2) is 5.82 Å². The Hall–Kier alpha value is -3.81. The quantitative estimate of drug-likeness (QED) is 0.526. The van der Waals surface area contributed by atoms with E-state index in [4.69, 9.17) is 0 Å². The molecule has 2 aromatic carbocycles. The molecule has 0 unspecified atom stereocenters. The first kappa shape index (κ1) is 23.0. The maximum Gasteiger partial charge on any atom is 0.254 e. The Balaban J connectivity index is 1.18. The molecular formula is C27H28FN5O2. The first-order valence-corrected chi connectivity index (χ1v) is 12.0. The van der Waals surface area contributed by atoms with Gasteiger partial charge in [-0.25, -0.2) is 4.39 Å². The van der Waals surface area contributed by atoms with Crippen molar-refractivity contribution in [2.45, 2.75) is 12.8 Å². The van der Waals surface area contributed by atoms with Gasteiger partial charge in [-0.15, -0.1) is 10.2 Å². The lowest BCUT2D eigenvalue weighted by atomic mass is 10.1. The van der Waals surface area contributed by atoms with Crippen molar-refractivity contribution in [2.75, 3.05) is 44.2 Å². The van der Waals surface area contributed by atoms with Gasteiger partial charge in [-0.2, -0.15) is 0 Å². The van der Waals surface area contributed by atoms with Gasteiger partial charge in [-0.05, 0) is 55.2 Å². The van der Waals surface area contributed by atoms with Crippen molar-refractivity contribution in [3.05, 3.63) is 78.1 Å². The zero-order valence-corrected chi connectivity index (χ0v) is 19.5. The summed E-state index contributed by atoms with van der Waals surface area (Å²) >= 11 is 0. The molecule has 2 fully saturated rings. The van der Waals surface area contributed by atoms with E-state index < -0.39 is 0 Å². The zero-order valence-electron chi connectivity index (χ0n) is 19.5. The van der Waals surface area contributed by atoms with E-state index in [-0.39, 0.29) is 24.2 Å². The summed E-state index contributed by atoms with van der Waals surface area (Å²) in [5, 5.41) is 8.76. The Morgan fingerprint density at radius 2 is 1.60 bits per heavy atom. The standard InChI is InChI=1S/C27H28FN5O2/c28-23-10-8-22(9-11-23)27(35)33(18-20-6-7-20)19-26(34)32-16-14-31(15-17-32)25-13-12-24(29-30-25)21-4-2-1-3-5-21/h1-5,8-13,20H,6-7,14-19H2. The minimum Gasteiger partial charge on any atom is -0.352 e. The van der Waals surface area contributed by atoms with Crippen LogP contribution in [0.2, 0.25) is 0 Å². The molecule has 2 heterocycles. The molecule has 0 N–H and O–H groups in total. The van der Waals surface area contributed by atoms with Crippen LogP contribution in [0.5, 0.6) is 0 Å². The lowest BCUT2D eigenvalue weighted by Crippen LogP contribution is -2.52. The molecule has 0 spiro atoms. The summed E-state index contributed by atoms with van der Waals surface area (Å²) in [4.78, 5) is 31.6. The minimum absolute atomic E-state index is 0.0400. The van der Waals surface area contributed by atoms with Gasteiger partial charge in [0.2, 0.25) is 5.91 Å². The molecule has 3 aromatic rings. The van der Waals surface area contributed by atoms with E-state index >= 15 is 0 Å². The highest BCUT2D eigenvalue weighted by Gasteiger charge is 2.30. The number of piperazine rings is 1. The summed E-state index contributed by atoms with van der Waals surface area (Å²) in [6, 6.07) is 19.4. The highest BCUT2D eigenvalue weighted by Crippen LogP contribution is 2.30. The van der Waals surface area contributed by atoms with E-state index in [1.165, 1.54) is 24.3 Å². The number of hydrogen-bond acceptors (Lipinski definition) is 5. The second-order valence-electron chi connectivity index (χ2n) is 9.15. The third-order valence-electron chi connectivity index (χ3n) is 6.56. The first-order valence-electron chi connectivity index (χ1n) is 12.0. The number of aromatic nitrogens is 2. The highest BCUT2D eigenvalue weighted by atomic mass is 19.1. The molecule has 1 aliphatic carbocycles. The van der Waals surface area contributed by atoms with E-state index in [0.717, 1.165) is 29.9 Å². The summed E-state index contributed by atoms with van der Waals surface area (Å²) in [7, 11) is 0. The molecule has 8 heteroatoms. The van der Waals surface area contributed by atoms with Crippen LogP contribution >= 0.6 is 0 Å². The fourth-order valence-corrected chi connectivity index (χ4v) is 4.31. The minimum atomic E-state index is -0.386. The number of benzene rings is 2. The topological polar surface area (TPSA) is 69.6 Å². The SMILES string of the molecule is O=C(CN(CC1CC1)C(=O)c1ccc(F)cc1)N1CCN(c2ccc(-c3ccccc3)nn2)CC1. The van der Waals surface area contributed by atoms with Gasteiger partial charge in [-0.1, -0.05) is 30.3 Å². The lowest BCUT2D eigenvalue weighted by Gasteiger charge is -2.36. The number of anilines is 1. The molecule has 1 saturated heterocycles. The van der Waals surface area contributed by atoms with Crippen molar-refractivity contribution in [3.63, 3.8) is 0 Å². The molecule has 0 bridgehead atoms. The Kier molecular flexibility index (Phi) is 6.70. The van der Waals surface area contributed by atoms with Crippen molar-refractivity contribution in [1.82, 2.24) is 20.0 Å². The smallest absolute Gasteiger partial charge is 0.254 e. The highest BCUT2D eigenvalue weighted by molar-refractivity contribution is 5.96. The van der Waals surface area contributed by atoms with Crippen LogP contribution in [0.1, 0.15) is 23.2 Å². The van der Waals surface area contributed by atoms with E-state index in [2.05, 4.69) is 15.1 Å². The summed E-state index contributed by atoms with van der Waals surface area (Å²) < 4.78 is 13.3. The predicted molar refractivity (Wildman–Crippen MR) is 131 cm³/mol. The Morgan fingerprint density at radius 1 is 0.886 bits per heavy atom. The van der Waals surface area contributed by atoms with Gasteiger partial charge in [0.25, 0.3) is 5.91 Å². The van der Waals surface area contributed by atoms with Crippen LogP contribution in [-0.4, -0.2) is 71.1 Å². The van der Waals surface area contributed by atoms with Crippen LogP contribution in [0.15, 0.2) is 66.7 Å². The second-order valence-corrected chi connectivity index (χ2v) is 9.15. The number of rotatable bonds is 7. The van der Waals surface area contributed by atoms with E-state index in [1.54, 1.807) is 9.80 Å². The Bertz CT molecular complexity index is 1160. The van der Waals surface area contributed by atoms with Crippen LogP contribution in [0.4, 0.5) is 10.2 Å². The summed E-state index contributed by atoms with van der Waals surface area (Å²) in [5.74, 6) is 0.563. The van der Waals surface area contributed by atoms with E-state index in [1.807, 2.05) is 42.5 Å². The third kappa shape index (κ3) is 5.65. The molecule has 1 aliphatic heterocycles. The molecule has 0 radical (unpaired) electrons. The largest absolute Gasteiger partial charge is 0.352 e. The van der Waals surface area contributed by atoms with Gasteiger partial charge in [0, 0.05) is 43.9 Å². The van der Waals surface area contributed by atoms with Gasteiger partial charge >= 0.3 is 0 Å². The average molecular weight is 474 g/mol. The van der Waals surface area contributed by atoms with Crippen LogP contribution in [0, 0.1) is 11.7 Å². The van der Waals surface area contributed by atoms with Gasteiger partial charge < -0.3 is 14.7 Å².